The first-order valence-electron chi connectivity index (χ1n) is 5.02. The van der Waals surface area contributed by atoms with Crippen LogP contribution in [0.15, 0.2) is 45.5 Å². The number of halogens is 3. The van der Waals surface area contributed by atoms with Gasteiger partial charge in [0.25, 0.3) is 0 Å². The van der Waals surface area contributed by atoms with Crippen molar-refractivity contribution in [2.24, 2.45) is 0 Å². The van der Waals surface area contributed by atoms with Gasteiger partial charge in [-0.15, -0.1) is 0 Å². The lowest BCUT2D eigenvalue weighted by Gasteiger charge is -1.93. The maximum atomic E-state index is 5.67. The first-order chi connectivity index (χ1) is 8.63. The number of hydrogen-bond donors (Lipinski definition) is 0. The van der Waals surface area contributed by atoms with Crippen LogP contribution in [-0.4, -0.2) is 0 Å². The van der Waals surface area contributed by atoms with Crippen molar-refractivity contribution in [1.29, 1.82) is 0 Å². The quantitative estimate of drug-likeness (QED) is 0.330. The molecule has 0 atom stereocenters. The van der Waals surface area contributed by atoms with Crippen molar-refractivity contribution < 1.29 is 13.3 Å². The summed E-state index contributed by atoms with van der Waals surface area (Å²) in [6, 6.07) is 5.69. The van der Waals surface area contributed by atoms with Crippen molar-refractivity contribution in [2.45, 2.75) is 0 Å². The highest BCUT2D eigenvalue weighted by Crippen LogP contribution is 2.42. The smallest absolute Gasteiger partial charge is 0.170 e. The van der Waals surface area contributed by atoms with E-state index in [0.717, 1.165) is 32.9 Å². The summed E-state index contributed by atoms with van der Waals surface area (Å²) in [4.78, 5) is 0. The molecule has 0 saturated heterocycles. The Hall–Kier alpha value is -0.720. The molecule has 0 unspecified atom stereocenters. The van der Waals surface area contributed by atoms with E-state index < -0.39 is 0 Å². The van der Waals surface area contributed by atoms with Crippen LogP contribution in [0.5, 0.6) is 0 Å². The molecule has 0 fully saturated rings. The summed E-state index contributed by atoms with van der Waals surface area (Å²) in [5.74, 6) is 0. The number of fused-ring (bicyclic) bond motifs is 6. The molecule has 4 rings (SSSR count). The van der Waals surface area contributed by atoms with Gasteiger partial charge < -0.3 is 13.3 Å². The Bertz CT molecular complexity index is 695. The van der Waals surface area contributed by atoms with Crippen LogP contribution in [0.3, 0.4) is 0 Å². The summed E-state index contributed by atoms with van der Waals surface area (Å²) in [5, 5.41) is 2.76. The van der Waals surface area contributed by atoms with Gasteiger partial charge in [-0.25, -0.2) is 0 Å². The Kier molecular flexibility index (Phi) is 2.26. The molecule has 3 heterocycles. The minimum absolute atomic E-state index is 0.663. The molecule has 0 spiro atoms. The van der Waals surface area contributed by atoms with Crippen LogP contribution in [0.25, 0.3) is 32.9 Å². The van der Waals surface area contributed by atoms with Gasteiger partial charge in [-0.2, -0.15) is 0 Å². The highest BCUT2D eigenvalue weighted by Gasteiger charge is 2.19. The van der Waals surface area contributed by atoms with Crippen LogP contribution < -0.4 is 0 Å². The van der Waals surface area contributed by atoms with Crippen LogP contribution in [0.1, 0.15) is 0 Å². The van der Waals surface area contributed by atoms with Crippen LogP contribution in [0.2, 0.25) is 0 Å². The van der Waals surface area contributed by atoms with E-state index in [1.807, 2.05) is 18.2 Å². The van der Waals surface area contributed by atoms with Crippen molar-refractivity contribution in [2.75, 3.05) is 0 Å². The molecule has 0 saturated carbocycles. The highest BCUT2D eigenvalue weighted by molar-refractivity contribution is 9.11. The predicted molar refractivity (Wildman–Crippen MR) is 78.9 cm³/mol. The fourth-order valence-corrected chi connectivity index (χ4v) is 3.36. The topological polar surface area (TPSA) is 39.4 Å². The Morgan fingerprint density at radius 1 is 0.556 bits per heavy atom. The van der Waals surface area contributed by atoms with Crippen molar-refractivity contribution in [3.63, 3.8) is 0 Å². The summed E-state index contributed by atoms with van der Waals surface area (Å²) in [5.41, 5.74) is 2.25. The van der Waals surface area contributed by atoms with E-state index in [0.29, 0.717) is 14.0 Å². The Morgan fingerprint density at radius 3 is 1.11 bits per heavy atom. The van der Waals surface area contributed by atoms with Gasteiger partial charge in [0.05, 0.1) is 16.2 Å². The van der Waals surface area contributed by atoms with E-state index in [2.05, 4.69) is 47.8 Å². The average molecular weight is 435 g/mol. The van der Waals surface area contributed by atoms with Gasteiger partial charge in [0.2, 0.25) is 0 Å². The number of furan rings is 3. The first kappa shape index (κ1) is 11.1. The monoisotopic (exact) mass is 432 g/mol. The number of hydrogen-bond acceptors (Lipinski definition) is 3. The number of benzene rings is 1. The molecular weight excluding hydrogens is 432 g/mol. The first-order valence-corrected chi connectivity index (χ1v) is 7.40. The van der Waals surface area contributed by atoms with Gasteiger partial charge in [-0.05, 0) is 47.8 Å². The zero-order valence-electron chi connectivity index (χ0n) is 8.59. The molecule has 0 radical (unpaired) electrons. The maximum Gasteiger partial charge on any atom is 0.170 e. The van der Waals surface area contributed by atoms with Gasteiger partial charge >= 0.3 is 0 Å². The molecular formula is C12H3Br3O3. The molecule has 1 aromatic carbocycles. The second-order valence-electron chi connectivity index (χ2n) is 3.88. The summed E-state index contributed by atoms with van der Waals surface area (Å²) >= 11 is 10.0. The van der Waals surface area contributed by atoms with E-state index in [9.17, 15) is 0 Å². The number of rotatable bonds is 0. The van der Waals surface area contributed by atoms with E-state index in [4.69, 9.17) is 13.3 Å². The van der Waals surface area contributed by atoms with Crippen molar-refractivity contribution in [1.82, 2.24) is 0 Å². The molecule has 0 amide bonds. The molecule has 0 bridgehead atoms. The summed E-state index contributed by atoms with van der Waals surface area (Å²) in [6.07, 6.45) is 0. The van der Waals surface area contributed by atoms with Gasteiger partial charge in [0.1, 0.15) is 0 Å². The summed E-state index contributed by atoms with van der Waals surface area (Å²) in [6.45, 7) is 0. The molecule has 0 aliphatic rings. The average Bonchev–Trinajstić information content (AvgIpc) is 2.93. The standard InChI is InChI=1S/C12H3Br3O3/c13-7-1-4-10(16-7)5-2-9(15)18-12(5)6-3-8(14)17-11(4)6/h1-3H. The van der Waals surface area contributed by atoms with Crippen LogP contribution in [-0.2, 0) is 0 Å². The SMILES string of the molecule is Brc1cc2c(o1)c1cc(Br)oc1c1cc(Br)oc21. The van der Waals surface area contributed by atoms with Crippen LogP contribution in [0.4, 0.5) is 0 Å². The Morgan fingerprint density at radius 2 is 0.833 bits per heavy atom. The zero-order chi connectivity index (χ0) is 12.4. The molecule has 90 valence electrons. The molecule has 3 nitrogen and oxygen atoms in total. The molecule has 18 heavy (non-hydrogen) atoms. The second kappa shape index (κ2) is 3.65. The zero-order valence-corrected chi connectivity index (χ0v) is 13.3. The molecule has 0 aliphatic heterocycles. The molecule has 3 aromatic heterocycles. The minimum atomic E-state index is 0.663. The fourth-order valence-electron chi connectivity index (χ4n) is 2.19. The third kappa shape index (κ3) is 1.39. The van der Waals surface area contributed by atoms with E-state index >= 15 is 0 Å². The Labute approximate surface area is 125 Å². The lowest BCUT2D eigenvalue weighted by Crippen LogP contribution is -1.70. The molecule has 0 aliphatic carbocycles. The molecule has 0 N–H and O–H groups in total. The Balaban J connectivity index is 2.43. The third-order valence-corrected chi connectivity index (χ3v) is 4.01. The van der Waals surface area contributed by atoms with Gasteiger partial charge in [-0.3, -0.25) is 0 Å². The van der Waals surface area contributed by atoms with Gasteiger partial charge in [-0.1, -0.05) is 0 Å². The normalized spacial score (nSPS) is 12.2. The molecule has 6 heteroatoms. The largest absolute Gasteiger partial charge is 0.448 e. The van der Waals surface area contributed by atoms with Crippen molar-refractivity contribution in [3.05, 3.63) is 32.2 Å². The summed E-state index contributed by atoms with van der Waals surface area (Å²) in [7, 11) is 0. The maximum absolute atomic E-state index is 5.67. The van der Waals surface area contributed by atoms with Crippen molar-refractivity contribution >= 4 is 80.7 Å². The lowest BCUT2D eigenvalue weighted by atomic mass is 10.1. The van der Waals surface area contributed by atoms with Gasteiger partial charge in [0, 0.05) is 18.2 Å². The summed E-state index contributed by atoms with van der Waals surface area (Å²) < 4.78 is 19.0. The van der Waals surface area contributed by atoms with E-state index in [1.54, 1.807) is 0 Å². The highest BCUT2D eigenvalue weighted by atomic mass is 79.9. The van der Waals surface area contributed by atoms with E-state index in [1.165, 1.54) is 0 Å². The lowest BCUT2D eigenvalue weighted by molar-refractivity contribution is 0.581. The van der Waals surface area contributed by atoms with E-state index in [-0.39, 0.29) is 0 Å². The predicted octanol–water partition coefficient (Wildman–Crippen LogP) is 6.21. The second-order valence-corrected chi connectivity index (χ2v) is 6.22. The van der Waals surface area contributed by atoms with Crippen molar-refractivity contribution in [3.8, 4) is 0 Å². The molecule has 4 aromatic rings. The third-order valence-electron chi connectivity index (χ3n) is 2.84. The van der Waals surface area contributed by atoms with Gasteiger partial charge in [0.15, 0.2) is 30.8 Å². The van der Waals surface area contributed by atoms with Crippen LogP contribution >= 0.6 is 47.8 Å². The fraction of sp³-hybridized carbons (Fsp3) is 0. The minimum Gasteiger partial charge on any atom is -0.448 e. The van der Waals surface area contributed by atoms with Crippen LogP contribution in [0, 0.1) is 0 Å².